The molecule has 1 heterocycles. The van der Waals surface area contributed by atoms with Crippen LogP contribution in [-0.4, -0.2) is 54.2 Å². The number of hydrogen-bond acceptors (Lipinski definition) is 6. The molecule has 0 bridgehead atoms. The third-order valence-electron chi connectivity index (χ3n) is 4.95. The standard InChI is InChI=1S/C15H21NO3.C10H14N4O/c1-15(2,3)19-14(17)16-12(13-10-18-13)9-11-7-5-4-6-8-11;11-9(10(15)7-13-14-12)6-8-4-2-1-3-5-8/h4-8,12-13H,9-10H2,1-3H3,(H,16,17);1-5,9-10,15H,6-7,11H2/t12-,13+;9-,10+/m00/s1. The van der Waals surface area contributed by atoms with Gasteiger partial charge in [0.2, 0.25) is 0 Å². The average Bonchev–Trinajstić information content (AvgIpc) is 3.63. The Morgan fingerprint density at radius 2 is 1.71 bits per heavy atom. The summed E-state index contributed by atoms with van der Waals surface area (Å²) in [6.07, 6.45) is 0.256. The van der Waals surface area contributed by atoms with Gasteiger partial charge in [0.05, 0.1) is 25.3 Å². The highest BCUT2D eigenvalue weighted by Gasteiger charge is 2.34. The summed E-state index contributed by atoms with van der Waals surface area (Å²) in [6, 6.07) is 19.3. The van der Waals surface area contributed by atoms with Crippen LogP contribution in [0.2, 0.25) is 0 Å². The largest absolute Gasteiger partial charge is 0.444 e. The summed E-state index contributed by atoms with van der Waals surface area (Å²) in [5.74, 6) is 0. The van der Waals surface area contributed by atoms with Gasteiger partial charge in [-0.1, -0.05) is 65.8 Å². The lowest BCUT2D eigenvalue weighted by Gasteiger charge is -2.23. The first-order valence-corrected chi connectivity index (χ1v) is 11.3. The molecule has 0 aromatic heterocycles. The maximum absolute atomic E-state index is 11.8. The van der Waals surface area contributed by atoms with E-state index in [2.05, 4.69) is 15.3 Å². The highest BCUT2D eigenvalue weighted by Crippen LogP contribution is 2.19. The number of aliphatic hydroxyl groups is 1. The molecule has 9 nitrogen and oxygen atoms in total. The zero-order chi connectivity index (χ0) is 25.0. The van der Waals surface area contributed by atoms with Crippen molar-refractivity contribution in [3.05, 3.63) is 82.2 Å². The number of benzene rings is 2. The fourth-order valence-corrected chi connectivity index (χ4v) is 3.17. The molecule has 1 amide bonds. The fourth-order valence-electron chi connectivity index (χ4n) is 3.17. The van der Waals surface area contributed by atoms with Crippen LogP contribution in [0.5, 0.6) is 0 Å². The first kappa shape index (κ1) is 27.1. The van der Waals surface area contributed by atoms with Gasteiger partial charge in [0.15, 0.2) is 0 Å². The molecule has 4 N–H and O–H groups in total. The molecule has 0 unspecified atom stereocenters. The molecule has 9 heteroatoms. The second kappa shape index (κ2) is 13.6. The molecule has 0 saturated carbocycles. The Labute approximate surface area is 200 Å². The van der Waals surface area contributed by atoms with E-state index in [9.17, 15) is 9.90 Å². The van der Waals surface area contributed by atoms with Gasteiger partial charge in [-0.2, -0.15) is 0 Å². The number of rotatable bonds is 9. The molecule has 1 fully saturated rings. The Bertz CT molecular complexity index is 910. The Hall–Kier alpha value is -3.10. The number of azide groups is 1. The van der Waals surface area contributed by atoms with E-state index < -0.39 is 17.7 Å². The maximum Gasteiger partial charge on any atom is 0.407 e. The van der Waals surface area contributed by atoms with Crippen molar-refractivity contribution in [1.82, 2.24) is 5.32 Å². The van der Waals surface area contributed by atoms with Gasteiger partial charge in [-0.15, -0.1) is 0 Å². The summed E-state index contributed by atoms with van der Waals surface area (Å²) in [6.45, 7) is 6.28. The quantitative estimate of drug-likeness (QED) is 0.222. The van der Waals surface area contributed by atoms with E-state index in [-0.39, 0.29) is 24.8 Å². The first-order valence-electron chi connectivity index (χ1n) is 11.3. The van der Waals surface area contributed by atoms with Crippen LogP contribution in [0.1, 0.15) is 31.9 Å². The van der Waals surface area contributed by atoms with Crippen molar-refractivity contribution < 1.29 is 19.4 Å². The third-order valence-corrected chi connectivity index (χ3v) is 4.95. The minimum Gasteiger partial charge on any atom is -0.444 e. The van der Waals surface area contributed by atoms with Crippen molar-refractivity contribution in [2.24, 2.45) is 10.8 Å². The number of amides is 1. The molecule has 1 aliphatic rings. The summed E-state index contributed by atoms with van der Waals surface area (Å²) in [7, 11) is 0. The van der Waals surface area contributed by atoms with E-state index in [1.54, 1.807) is 0 Å². The Morgan fingerprint density at radius 1 is 1.18 bits per heavy atom. The van der Waals surface area contributed by atoms with Gasteiger partial charge in [-0.3, -0.25) is 0 Å². The molecule has 4 atom stereocenters. The predicted molar refractivity (Wildman–Crippen MR) is 131 cm³/mol. The number of nitrogens with two attached hydrogens (primary N) is 1. The van der Waals surface area contributed by atoms with Crippen LogP contribution in [-0.2, 0) is 22.3 Å². The summed E-state index contributed by atoms with van der Waals surface area (Å²) < 4.78 is 10.6. The second-order valence-corrected chi connectivity index (χ2v) is 9.15. The van der Waals surface area contributed by atoms with Crippen LogP contribution in [0.25, 0.3) is 10.4 Å². The van der Waals surface area contributed by atoms with Gasteiger partial charge < -0.3 is 25.6 Å². The Balaban J connectivity index is 0.000000248. The number of hydrogen-bond donors (Lipinski definition) is 3. The van der Waals surface area contributed by atoms with E-state index in [1.807, 2.05) is 81.4 Å². The van der Waals surface area contributed by atoms with Crippen molar-refractivity contribution in [2.75, 3.05) is 13.2 Å². The minimum atomic E-state index is -0.791. The summed E-state index contributed by atoms with van der Waals surface area (Å²) >= 11 is 0. The smallest absolute Gasteiger partial charge is 0.407 e. The molecular formula is C25H35N5O4. The van der Waals surface area contributed by atoms with E-state index in [4.69, 9.17) is 20.7 Å². The van der Waals surface area contributed by atoms with Crippen molar-refractivity contribution in [3.63, 3.8) is 0 Å². The number of ether oxygens (including phenoxy) is 2. The van der Waals surface area contributed by atoms with Gasteiger partial charge in [-0.05, 0) is 50.3 Å². The maximum atomic E-state index is 11.8. The lowest BCUT2D eigenvalue weighted by Crippen LogP contribution is -2.43. The summed E-state index contributed by atoms with van der Waals surface area (Å²) in [4.78, 5) is 14.4. The summed E-state index contributed by atoms with van der Waals surface area (Å²) in [5, 5.41) is 15.7. The highest BCUT2D eigenvalue weighted by atomic mass is 16.6. The average molecular weight is 470 g/mol. The molecule has 1 saturated heterocycles. The van der Waals surface area contributed by atoms with Crippen molar-refractivity contribution in [3.8, 4) is 0 Å². The normalized spacial score (nSPS) is 17.1. The zero-order valence-electron chi connectivity index (χ0n) is 20.0. The third kappa shape index (κ3) is 11.2. The molecule has 34 heavy (non-hydrogen) atoms. The molecule has 0 aliphatic carbocycles. The van der Waals surface area contributed by atoms with Crippen molar-refractivity contribution in [2.45, 2.75) is 63.5 Å². The number of alkyl carbamates (subject to hydrolysis) is 1. The first-order chi connectivity index (χ1) is 16.2. The zero-order valence-corrected chi connectivity index (χ0v) is 20.0. The van der Waals surface area contributed by atoms with Gasteiger partial charge >= 0.3 is 6.09 Å². The van der Waals surface area contributed by atoms with Crippen LogP contribution in [0.15, 0.2) is 65.8 Å². The van der Waals surface area contributed by atoms with Crippen LogP contribution in [0.4, 0.5) is 4.79 Å². The van der Waals surface area contributed by atoms with Gasteiger partial charge in [0.1, 0.15) is 11.7 Å². The lowest BCUT2D eigenvalue weighted by atomic mass is 10.0. The van der Waals surface area contributed by atoms with E-state index in [1.165, 1.54) is 5.56 Å². The van der Waals surface area contributed by atoms with Gasteiger partial charge in [0.25, 0.3) is 0 Å². The van der Waals surface area contributed by atoms with Crippen molar-refractivity contribution in [1.29, 1.82) is 0 Å². The van der Waals surface area contributed by atoms with E-state index >= 15 is 0 Å². The highest BCUT2D eigenvalue weighted by molar-refractivity contribution is 5.68. The topological polar surface area (TPSA) is 146 Å². The fraction of sp³-hybridized carbons (Fsp3) is 0.480. The number of nitrogens with one attached hydrogen (secondary N) is 1. The number of carbonyl (C=O) groups excluding carboxylic acids is 1. The Kier molecular flexibility index (Phi) is 10.8. The lowest BCUT2D eigenvalue weighted by molar-refractivity contribution is 0.0495. The molecule has 0 spiro atoms. The number of aliphatic hydroxyl groups excluding tert-OH is 1. The second-order valence-electron chi connectivity index (χ2n) is 9.15. The summed E-state index contributed by atoms with van der Waals surface area (Å²) in [5.41, 5.74) is 15.6. The van der Waals surface area contributed by atoms with Crippen LogP contribution >= 0.6 is 0 Å². The molecule has 2 aromatic rings. The number of carbonyl (C=O) groups is 1. The van der Waals surface area contributed by atoms with Gasteiger partial charge in [-0.25, -0.2) is 4.79 Å². The van der Waals surface area contributed by atoms with Crippen molar-refractivity contribution >= 4 is 6.09 Å². The molecule has 0 radical (unpaired) electrons. The van der Waals surface area contributed by atoms with Crippen LogP contribution in [0.3, 0.4) is 0 Å². The van der Waals surface area contributed by atoms with Crippen LogP contribution < -0.4 is 11.1 Å². The molecule has 2 aromatic carbocycles. The molecule has 184 valence electrons. The number of epoxide rings is 1. The molecular weight excluding hydrogens is 434 g/mol. The molecule has 1 aliphatic heterocycles. The SMILES string of the molecule is CC(C)(C)OC(=O)N[C@@H](Cc1ccccc1)[C@H]1CO1.[N-]=[N+]=NC[C@@H](O)[C@@H](N)Cc1ccccc1. The van der Waals surface area contributed by atoms with E-state index in [0.717, 1.165) is 12.0 Å². The van der Waals surface area contributed by atoms with Gasteiger partial charge in [0, 0.05) is 11.0 Å². The van der Waals surface area contributed by atoms with Crippen LogP contribution in [0, 0.1) is 0 Å². The van der Waals surface area contributed by atoms with E-state index in [0.29, 0.717) is 13.0 Å². The molecule has 3 rings (SSSR count). The number of nitrogens with zero attached hydrogens (tertiary/aromatic N) is 3. The monoisotopic (exact) mass is 469 g/mol. The minimum absolute atomic E-state index is 0.0184. The Morgan fingerprint density at radius 3 is 2.18 bits per heavy atom. The predicted octanol–water partition coefficient (Wildman–Crippen LogP) is 3.75.